The van der Waals surface area contributed by atoms with Crippen LogP contribution in [-0.2, 0) is 4.79 Å². The van der Waals surface area contributed by atoms with E-state index < -0.39 is 0 Å². The minimum atomic E-state index is 0.116. The zero-order valence-corrected chi connectivity index (χ0v) is 17.8. The molecule has 162 valence electrons. The Morgan fingerprint density at radius 1 is 1.13 bits per heavy atom. The number of nitrogen functional groups attached to an aromatic ring is 1. The number of hydrogen-bond acceptors (Lipinski definition) is 7. The number of aromatic nitrogens is 4. The topological polar surface area (TPSA) is 105 Å². The molecule has 9 nitrogen and oxygen atoms in total. The normalized spacial score (nSPS) is 18.0. The van der Waals surface area contributed by atoms with Gasteiger partial charge in [0.25, 0.3) is 0 Å². The number of nitrogens with zero attached hydrogens (tertiary/aromatic N) is 6. The van der Waals surface area contributed by atoms with E-state index in [2.05, 4.69) is 32.2 Å². The molecule has 0 saturated carbocycles. The van der Waals surface area contributed by atoms with Crippen LogP contribution in [0.1, 0.15) is 18.4 Å². The molecule has 2 saturated heterocycles. The van der Waals surface area contributed by atoms with Crippen molar-refractivity contribution in [2.45, 2.75) is 19.8 Å². The maximum absolute atomic E-state index is 12.9. The lowest BCUT2D eigenvalue weighted by molar-refractivity contribution is -0.136. The number of nitrogens with two attached hydrogens (primary N) is 1. The number of nitrogens with one attached hydrogen (secondary N) is 1. The van der Waals surface area contributed by atoms with Crippen LogP contribution in [-0.4, -0.2) is 69.7 Å². The molecule has 3 N–H and O–H groups in total. The maximum Gasteiger partial charge on any atom is 0.225 e. The van der Waals surface area contributed by atoms with Crippen LogP contribution in [0, 0.1) is 12.8 Å². The Hall–Kier alpha value is -3.20. The molecule has 0 atom stereocenters. The van der Waals surface area contributed by atoms with Gasteiger partial charge in [0, 0.05) is 87.2 Å². The van der Waals surface area contributed by atoms with Crippen LogP contribution in [0.3, 0.4) is 0 Å². The standard InChI is InChI=1S/C22H28N8O/c1-15-11-25-13-18(17-12-26-20-10-19(23)27-30(20)14-17)21(15)28-6-2-16(3-7-28)22(31)29-8-4-24-5-9-29/h10-14,16,24H,2-9H2,1H3,(H2,23,27). The molecule has 2 fully saturated rings. The third-order valence-corrected chi connectivity index (χ3v) is 6.33. The summed E-state index contributed by atoms with van der Waals surface area (Å²) in [5.74, 6) is 0.882. The maximum atomic E-state index is 12.9. The van der Waals surface area contributed by atoms with E-state index in [0.29, 0.717) is 11.7 Å². The van der Waals surface area contributed by atoms with E-state index in [9.17, 15) is 4.79 Å². The van der Waals surface area contributed by atoms with E-state index in [4.69, 9.17) is 5.73 Å². The Morgan fingerprint density at radius 3 is 2.68 bits per heavy atom. The molecule has 2 aliphatic rings. The lowest BCUT2D eigenvalue weighted by atomic mass is 9.93. The first-order valence-electron chi connectivity index (χ1n) is 10.9. The van der Waals surface area contributed by atoms with E-state index in [1.165, 1.54) is 0 Å². The van der Waals surface area contributed by atoms with Gasteiger partial charge in [0.2, 0.25) is 5.91 Å². The van der Waals surface area contributed by atoms with Crippen LogP contribution in [0.2, 0.25) is 0 Å². The molecular formula is C22H28N8O. The van der Waals surface area contributed by atoms with Crippen LogP contribution in [0.5, 0.6) is 0 Å². The molecule has 0 aliphatic carbocycles. The Morgan fingerprint density at radius 2 is 1.90 bits per heavy atom. The Balaban J connectivity index is 1.38. The number of rotatable bonds is 3. The molecule has 0 bridgehead atoms. The average Bonchev–Trinajstić information content (AvgIpc) is 3.18. The zero-order chi connectivity index (χ0) is 21.4. The monoisotopic (exact) mass is 420 g/mol. The summed E-state index contributed by atoms with van der Waals surface area (Å²) in [6, 6.07) is 1.75. The van der Waals surface area contributed by atoms with Crippen molar-refractivity contribution in [1.82, 2.24) is 29.8 Å². The second-order valence-corrected chi connectivity index (χ2v) is 8.40. The lowest BCUT2D eigenvalue weighted by Gasteiger charge is -2.37. The summed E-state index contributed by atoms with van der Waals surface area (Å²) in [6.07, 6.45) is 9.31. The number of aryl methyl sites for hydroxylation is 1. The van der Waals surface area contributed by atoms with Crippen molar-refractivity contribution < 1.29 is 4.79 Å². The number of fused-ring (bicyclic) bond motifs is 1. The number of pyridine rings is 1. The predicted molar refractivity (Wildman–Crippen MR) is 120 cm³/mol. The van der Waals surface area contributed by atoms with Gasteiger partial charge >= 0.3 is 0 Å². The van der Waals surface area contributed by atoms with Crippen molar-refractivity contribution in [3.05, 3.63) is 36.4 Å². The van der Waals surface area contributed by atoms with Crippen molar-refractivity contribution in [2.24, 2.45) is 5.92 Å². The predicted octanol–water partition coefficient (Wildman–Crippen LogP) is 1.33. The van der Waals surface area contributed by atoms with Crippen LogP contribution >= 0.6 is 0 Å². The molecular weight excluding hydrogens is 392 g/mol. The van der Waals surface area contributed by atoms with Gasteiger partial charge in [-0.1, -0.05) is 0 Å². The largest absolute Gasteiger partial charge is 0.382 e. The highest BCUT2D eigenvalue weighted by Crippen LogP contribution is 2.35. The van der Waals surface area contributed by atoms with E-state index in [1.807, 2.05) is 29.7 Å². The summed E-state index contributed by atoms with van der Waals surface area (Å²) in [5.41, 5.74) is 10.8. The number of carbonyl (C=O) groups excluding carboxylic acids is 1. The second kappa shape index (κ2) is 8.14. The van der Waals surface area contributed by atoms with Gasteiger partial charge in [-0.2, -0.15) is 0 Å². The van der Waals surface area contributed by atoms with E-state index in [-0.39, 0.29) is 5.92 Å². The first-order chi connectivity index (χ1) is 15.1. The van der Waals surface area contributed by atoms with Crippen LogP contribution in [0.15, 0.2) is 30.9 Å². The fraction of sp³-hybridized carbons (Fsp3) is 0.455. The molecule has 0 spiro atoms. The second-order valence-electron chi connectivity index (χ2n) is 8.40. The van der Waals surface area contributed by atoms with Gasteiger partial charge in [0.1, 0.15) is 5.82 Å². The highest BCUT2D eigenvalue weighted by molar-refractivity contribution is 5.81. The van der Waals surface area contributed by atoms with Gasteiger partial charge in [-0.3, -0.25) is 9.78 Å². The van der Waals surface area contributed by atoms with Crippen molar-refractivity contribution >= 4 is 23.1 Å². The summed E-state index contributed by atoms with van der Waals surface area (Å²) in [6.45, 7) is 7.21. The first kappa shape index (κ1) is 19.7. The summed E-state index contributed by atoms with van der Waals surface area (Å²) < 4.78 is 1.70. The van der Waals surface area contributed by atoms with Crippen molar-refractivity contribution in [1.29, 1.82) is 0 Å². The molecule has 31 heavy (non-hydrogen) atoms. The smallest absolute Gasteiger partial charge is 0.225 e. The number of piperazine rings is 1. The molecule has 3 aromatic heterocycles. The van der Waals surface area contributed by atoms with Crippen LogP contribution in [0.4, 0.5) is 11.5 Å². The summed E-state index contributed by atoms with van der Waals surface area (Å²) in [7, 11) is 0. The van der Waals surface area contributed by atoms with Crippen molar-refractivity contribution in [2.75, 3.05) is 49.9 Å². The average molecular weight is 421 g/mol. The van der Waals surface area contributed by atoms with Gasteiger partial charge in [0.05, 0.1) is 5.69 Å². The number of anilines is 2. The number of piperidine rings is 1. The summed E-state index contributed by atoms with van der Waals surface area (Å²) in [4.78, 5) is 26.3. The van der Waals surface area contributed by atoms with E-state index in [0.717, 1.165) is 80.1 Å². The number of carbonyl (C=O) groups is 1. The zero-order valence-electron chi connectivity index (χ0n) is 17.8. The molecule has 0 aromatic carbocycles. The van der Waals surface area contributed by atoms with Gasteiger partial charge in [-0.25, -0.2) is 9.50 Å². The molecule has 5 rings (SSSR count). The molecule has 5 heterocycles. The van der Waals surface area contributed by atoms with Crippen LogP contribution in [0.25, 0.3) is 16.8 Å². The highest BCUT2D eigenvalue weighted by atomic mass is 16.2. The lowest BCUT2D eigenvalue weighted by Crippen LogP contribution is -2.50. The summed E-state index contributed by atoms with van der Waals surface area (Å²) >= 11 is 0. The molecule has 0 radical (unpaired) electrons. The summed E-state index contributed by atoms with van der Waals surface area (Å²) in [5, 5.41) is 7.60. The molecule has 0 unspecified atom stereocenters. The van der Waals surface area contributed by atoms with Gasteiger partial charge in [-0.05, 0) is 25.3 Å². The number of amides is 1. The quantitative estimate of drug-likeness (QED) is 0.659. The fourth-order valence-corrected chi connectivity index (χ4v) is 4.72. The van der Waals surface area contributed by atoms with Crippen molar-refractivity contribution in [3.63, 3.8) is 0 Å². The third-order valence-electron chi connectivity index (χ3n) is 6.33. The van der Waals surface area contributed by atoms with Gasteiger partial charge < -0.3 is 20.9 Å². The Bertz CT molecular complexity index is 1100. The molecule has 3 aromatic rings. The minimum Gasteiger partial charge on any atom is -0.382 e. The van der Waals surface area contributed by atoms with E-state index in [1.54, 1.807) is 10.6 Å². The number of hydrogen-bond donors (Lipinski definition) is 2. The Labute approximate surface area is 181 Å². The van der Waals surface area contributed by atoms with Gasteiger partial charge in [-0.15, -0.1) is 5.10 Å². The van der Waals surface area contributed by atoms with Crippen molar-refractivity contribution in [3.8, 4) is 11.1 Å². The third kappa shape index (κ3) is 3.81. The Kier molecular flexibility index (Phi) is 5.19. The fourth-order valence-electron chi connectivity index (χ4n) is 4.72. The van der Waals surface area contributed by atoms with Crippen LogP contribution < -0.4 is 16.0 Å². The van der Waals surface area contributed by atoms with Gasteiger partial charge in [0.15, 0.2) is 5.65 Å². The first-order valence-corrected chi connectivity index (χ1v) is 10.9. The molecule has 2 aliphatic heterocycles. The SMILES string of the molecule is Cc1cncc(-c2cnc3cc(N)nn3c2)c1N1CCC(C(=O)N2CCNCC2)CC1. The van der Waals surface area contributed by atoms with E-state index >= 15 is 0 Å². The molecule has 9 heteroatoms. The molecule has 1 amide bonds. The minimum absolute atomic E-state index is 0.116. The highest BCUT2D eigenvalue weighted by Gasteiger charge is 2.30.